The number of piperidine rings is 1. The van der Waals surface area contributed by atoms with E-state index < -0.39 is 0 Å². The predicted molar refractivity (Wildman–Crippen MR) is 61.1 cm³/mol. The number of methoxy groups -OCH3 is 1. The third-order valence-corrected chi connectivity index (χ3v) is 3.04. The van der Waals surface area contributed by atoms with Gasteiger partial charge in [0.05, 0.1) is 6.04 Å². The fourth-order valence-corrected chi connectivity index (χ4v) is 2.15. The molecular formula is C11H20ClNO2. The van der Waals surface area contributed by atoms with E-state index in [0.29, 0.717) is 6.42 Å². The molecular weight excluding hydrogens is 214 g/mol. The Balaban J connectivity index is 2.66. The number of hydrogen-bond donors (Lipinski definition) is 1. The number of alkyl halides is 1. The summed E-state index contributed by atoms with van der Waals surface area (Å²) in [6.45, 7) is 5.78. The Morgan fingerprint density at radius 1 is 1.40 bits per heavy atom. The van der Waals surface area contributed by atoms with Crippen molar-refractivity contribution in [1.29, 1.82) is 0 Å². The maximum absolute atomic E-state index is 12.0. The number of hydrogen-bond acceptors (Lipinski definition) is 3. The van der Waals surface area contributed by atoms with E-state index in [1.54, 1.807) is 7.11 Å². The molecule has 0 radical (unpaired) electrons. The Labute approximate surface area is 96.5 Å². The fraction of sp³-hybridized carbons (Fsp3) is 0.909. The van der Waals surface area contributed by atoms with Gasteiger partial charge in [0.25, 0.3) is 0 Å². The molecule has 3 unspecified atom stereocenters. The molecule has 0 amide bonds. The van der Waals surface area contributed by atoms with Crippen LogP contribution in [-0.4, -0.2) is 30.5 Å². The van der Waals surface area contributed by atoms with Crippen molar-refractivity contribution in [3.8, 4) is 0 Å². The highest BCUT2D eigenvalue weighted by Crippen LogP contribution is 2.25. The van der Waals surface area contributed by atoms with Gasteiger partial charge < -0.3 is 4.74 Å². The minimum atomic E-state index is -0.329. The molecule has 1 rings (SSSR count). The standard InChI is InChI=1S/C11H20ClNO2/c1-11(2,3)10(14)8-5-7(12)6-9(13-8)15-4/h7-9,13H,5-6H2,1-4H3. The second-order valence-electron chi connectivity index (χ2n) is 5.13. The van der Waals surface area contributed by atoms with Crippen molar-refractivity contribution < 1.29 is 9.53 Å². The second-order valence-corrected chi connectivity index (χ2v) is 5.74. The van der Waals surface area contributed by atoms with Gasteiger partial charge in [-0.15, -0.1) is 11.6 Å². The van der Waals surface area contributed by atoms with Gasteiger partial charge in [-0.25, -0.2) is 0 Å². The molecule has 1 saturated heterocycles. The van der Waals surface area contributed by atoms with Crippen molar-refractivity contribution in [3.63, 3.8) is 0 Å². The Morgan fingerprint density at radius 3 is 2.47 bits per heavy atom. The van der Waals surface area contributed by atoms with Crippen LogP contribution in [-0.2, 0) is 9.53 Å². The summed E-state index contributed by atoms with van der Waals surface area (Å²) in [7, 11) is 1.63. The molecule has 1 fully saturated rings. The quantitative estimate of drug-likeness (QED) is 0.741. The van der Waals surface area contributed by atoms with Gasteiger partial charge in [-0.3, -0.25) is 10.1 Å². The SMILES string of the molecule is COC1CC(Cl)CC(C(=O)C(C)(C)C)N1. The van der Waals surface area contributed by atoms with Gasteiger partial charge in [0.15, 0.2) is 5.78 Å². The van der Waals surface area contributed by atoms with Crippen molar-refractivity contribution in [3.05, 3.63) is 0 Å². The molecule has 0 aliphatic carbocycles. The monoisotopic (exact) mass is 233 g/mol. The van der Waals surface area contributed by atoms with Crippen LogP contribution in [0.1, 0.15) is 33.6 Å². The average Bonchev–Trinajstić information content (AvgIpc) is 2.14. The highest BCUT2D eigenvalue weighted by Gasteiger charge is 2.36. The summed E-state index contributed by atoms with van der Waals surface area (Å²) in [6, 6.07) is -0.175. The van der Waals surface area contributed by atoms with Gasteiger partial charge in [0.2, 0.25) is 0 Å². The molecule has 0 spiro atoms. The highest BCUT2D eigenvalue weighted by molar-refractivity contribution is 6.20. The molecule has 15 heavy (non-hydrogen) atoms. The fourth-order valence-electron chi connectivity index (χ4n) is 1.81. The molecule has 4 heteroatoms. The number of nitrogens with one attached hydrogen (secondary N) is 1. The van der Waals surface area contributed by atoms with Crippen LogP contribution in [0.25, 0.3) is 0 Å². The number of carbonyl (C=O) groups is 1. The average molecular weight is 234 g/mol. The van der Waals surface area contributed by atoms with Crippen LogP contribution >= 0.6 is 11.6 Å². The molecule has 1 N–H and O–H groups in total. The maximum atomic E-state index is 12.0. The summed E-state index contributed by atoms with van der Waals surface area (Å²) in [4.78, 5) is 12.0. The first-order valence-electron chi connectivity index (χ1n) is 5.32. The summed E-state index contributed by atoms with van der Waals surface area (Å²) in [5.41, 5.74) is -0.329. The number of carbonyl (C=O) groups excluding carboxylic acids is 1. The number of ether oxygens (including phenoxy) is 1. The van der Waals surface area contributed by atoms with Gasteiger partial charge in [-0.05, 0) is 6.42 Å². The van der Waals surface area contributed by atoms with E-state index >= 15 is 0 Å². The molecule has 0 saturated carbocycles. The van der Waals surface area contributed by atoms with E-state index in [1.807, 2.05) is 20.8 Å². The number of rotatable bonds is 2. The lowest BCUT2D eigenvalue weighted by molar-refractivity contribution is -0.130. The number of halogens is 1. The largest absolute Gasteiger partial charge is 0.367 e. The summed E-state index contributed by atoms with van der Waals surface area (Å²) in [6.07, 6.45) is 1.35. The van der Waals surface area contributed by atoms with Crippen molar-refractivity contribution in [2.24, 2.45) is 5.41 Å². The first-order chi connectivity index (χ1) is 6.84. The lowest BCUT2D eigenvalue weighted by atomic mass is 9.83. The van der Waals surface area contributed by atoms with E-state index in [9.17, 15) is 4.79 Å². The van der Waals surface area contributed by atoms with E-state index in [1.165, 1.54) is 0 Å². The molecule has 1 heterocycles. The van der Waals surface area contributed by atoms with Crippen LogP contribution < -0.4 is 5.32 Å². The molecule has 1 aliphatic rings. The van der Waals surface area contributed by atoms with Crippen LogP contribution in [0.5, 0.6) is 0 Å². The summed E-state index contributed by atoms with van der Waals surface area (Å²) in [5, 5.41) is 3.20. The zero-order chi connectivity index (χ0) is 11.6. The predicted octanol–water partition coefficient (Wildman–Crippen LogP) is 1.93. The van der Waals surface area contributed by atoms with Gasteiger partial charge in [-0.1, -0.05) is 20.8 Å². The van der Waals surface area contributed by atoms with Gasteiger partial charge in [-0.2, -0.15) is 0 Å². The molecule has 0 bridgehead atoms. The van der Waals surface area contributed by atoms with E-state index in [-0.39, 0.29) is 28.8 Å². The van der Waals surface area contributed by atoms with Gasteiger partial charge in [0, 0.05) is 24.3 Å². The van der Waals surface area contributed by atoms with E-state index in [0.717, 1.165) is 6.42 Å². The topological polar surface area (TPSA) is 38.3 Å². The minimum absolute atomic E-state index is 0.0208. The molecule has 0 aromatic heterocycles. The van der Waals surface area contributed by atoms with Crippen LogP contribution in [0.4, 0.5) is 0 Å². The highest BCUT2D eigenvalue weighted by atomic mass is 35.5. The Hall–Kier alpha value is -0.120. The van der Waals surface area contributed by atoms with E-state index in [2.05, 4.69) is 5.32 Å². The van der Waals surface area contributed by atoms with Crippen LogP contribution in [0.3, 0.4) is 0 Å². The van der Waals surface area contributed by atoms with Crippen molar-refractivity contribution in [1.82, 2.24) is 5.32 Å². The van der Waals surface area contributed by atoms with Crippen molar-refractivity contribution >= 4 is 17.4 Å². The Morgan fingerprint density at radius 2 is 2.00 bits per heavy atom. The lowest BCUT2D eigenvalue weighted by Gasteiger charge is -2.35. The minimum Gasteiger partial charge on any atom is -0.367 e. The summed E-state index contributed by atoms with van der Waals surface area (Å²) >= 11 is 6.11. The number of ketones is 1. The van der Waals surface area contributed by atoms with Gasteiger partial charge >= 0.3 is 0 Å². The summed E-state index contributed by atoms with van der Waals surface area (Å²) < 4.78 is 5.21. The van der Waals surface area contributed by atoms with Crippen molar-refractivity contribution in [2.45, 2.75) is 51.3 Å². The maximum Gasteiger partial charge on any atom is 0.155 e. The van der Waals surface area contributed by atoms with Crippen molar-refractivity contribution in [2.75, 3.05) is 7.11 Å². The molecule has 1 aliphatic heterocycles. The first-order valence-corrected chi connectivity index (χ1v) is 5.75. The lowest BCUT2D eigenvalue weighted by Crippen LogP contribution is -2.53. The van der Waals surface area contributed by atoms with Gasteiger partial charge in [0.1, 0.15) is 6.23 Å². The molecule has 88 valence electrons. The molecule has 3 atom stereocenters. The summed E-state index contributed by atoms with van der Waals surface area (Å²) in [5.74, 6) is 0.204. The normalized spacial score (nSPS) is 32.7. The van der Waals surface area contributed by atoms with Crippen LogP contribution in [0.15, 0.2) is 0 Å². The zero-order valence-electron chi connectivity index (χ0n) is 9.84. The first kappa shape index (κ1) is 12.9. The Kier molecular flexibility index (Phi) is 4.15. The number of Topliss-reactive ketones (excluding diaryl/α,β-unsaturated/α-hetero) is 1. The second kappa shape index (κ2) is 4.81. The Bertz CT molecular complexity index is 237. The zero-order valence-corrected chi connectivity index (χ0v) is 10.6. The smallest absolute Gasteiger partial charge is 0.155 e. The third-order valence-electron chi connectivity index (χ3n) is 2.69. The molecule has 3 nitrogen and oxygen atoms in total. The molecule has 0 aromatic rings. The third kappa shape index (κ3) is 3.44. The van der Waals surface area contributed by atoms with Crippen LogP contribution in [0, 0.1) is 5.41 Å². The molecule has 0 aromatic carbocycles. The van der Waals surface area contributed by atoms with E-state index in [4.69, 9.17) is 16.3 Å². The van der Waals surface area contributed by atoms with Crippen LogP contribution in [0.2, 0.25) is 0 Å².